The molecule has 136 valence electrons. The molecule has 1 aliphatic carbocycles. The fourth-order valence-electron chi connectivity index (χ4n) is 3.76. The topological polar surface area (TPSA) is 65.9 Å². The van der Waals surface area contributed by atoms with Crippen molar-refractivity contribution in [2.75, 3.05) is 13.2 Å². The first-order valence-corrected chi connectivity index (χ1v) is 10.6. The second-order valence-corrected chi connectivity index (χ2v) is 9.00. The summed E-state index contributed by atoms with van der Waals surface area (Å²) in [5, 5.41) is 18.0. The van der Waals surface area contributed by atoms with Crippen LogP contribution in [0.15, 0.2) is 71.3 Å². The van der Waals surface area contributed by atoms with E-state index in [1.54, 1.807) is 0 Å². The largest absolute Gasteiger partial charge is 0.506 e. The Balaban J connectivity index is 1.69. The first-order chi connectivity index (χ1) is 12.6. The van der Waals surface area contributed by atoms with E-state index in [2.05, 4.69) is 63.2 Å². The average molecular weight is 575 g/mol. The number of halogens is 2. The van der Waals surface area contributed by atoms with E-state index in [1.807, 2.05) is 34.9 Å². The Morgan fingerprint density at radius 2 is 2.27 bits per heavy atom. The van der Waals surface area contributed by atoms with Gasteiger partial charge in [0, 0.05) is 21.4 Å². The third-order valence-corrected chi connectivity index (χ3v) is 6.39. The summed E-state index contributed by atoms with van der Waals surface area (Å²) in [6.07, 6.45) is 11.3. The second-order valence-electron chi connectivity index (χ2n) is 6.53. The zero-order valence-corrected chi connectivity index (χ0v) is 18.3. The number of fused-ring (bicyclic) bond motifs is 3. The minimum absolute atomic E-state index is 0.0524. The highest BCUT2D eigenvalue weighted by Crippen LogP contribution is 2.40. The third kappa shape index (κ3) is 3.29. The molecule has 0 radical (unpaired) electrons. The third-order valence-electron chi connectivity index (χ3n) is 5.01. The molecule has 3 atom stereocenters. The van der Waals surface area contributed by atoms with Crippen LogP contribution < -0.4 is 10.7 Å². The molecule has 0 aromatic carbocycles. The van der Waals surface area contributed by atoms with E-state index in [-0.39, 0.29) is 23.8 Å². The summed E-state index contributed by atoms with van der Waals surface area (Å²) in [7, 11) is 0. The molecule has 0 fully saturated rings. The number of rotatable bonds is 3. The molecule has 0 aromatic rings. The molecule has 0 aromatic heterocycles. The van der Waals surface area contributed by atoms with Crippen LogP contribution in [0.4, 0.5) is 0 Å². The number of ether oxygens (including phenoxy) is 1. The Morgan fingerprint density at radius 3 is 3.08 bits per heavy atom. The number of aliphatic hydroxyl groups excluding tert-OH is 1. The molecule has 26 heavy (non-hydrogen) atoms. The molecule has 4 rings (SSSR count). The molecule has 5 nitrogen and oxygen atoms in total. The van der Waals surface area contributed by atoms with Crippen LogP contribution in [0.5, 0.6) is 0 Å². The van der Waals surface area contributed by atoms with Crippen molar-refractivity contribution in [2.45, 2.75) is 18.5 Å². The quantitative estimate of drug-likeness (QED) is 0.273. The zero-order valence-electron chi connectivity index (χ0n) is 14.0. The van der Waals surface area contributed by atoms with Gasteiger partial charge in [-0.3, -0.25) is 0 Å². The number of nitrogens with one attached hydrogen (secondary N) is 2. The SMILES string of the molecule is C=C(I)/C(O)=C(I)\C=C\C1NC2=C(C3=C1COCC3)C1C=NNC1C=C2. The number of aliphatic hydroxyl groups is 1. The van der Waals surface area contributed by atoms with Gasteiger partial charge in [0.05, 0.1) is 28.9 Å². The first-order valence-electron chi connectivity index (χ1n) is 8.45. The Morgan fingerprint density at radius 1 is 1.42 bits per heavy atom. The van der Waals surface area contributed by atoms with E-state index in [1.165, 1.54) is 22.4 Å². The Hall–Kier alpha value is -1.07. The number of dihydropyridines is 1. The van der Waals surface area contributed by atoms with Gasteiger partial charge in [-0.05, 0) is 80.5 Å². The Labute approximate surface area is 180 Å². The van der Waals surface area contributed by atoms with E-state index in [0.717, 1.165) is 16.6 Å². The van der Waals surface area contributed by atoms with Crippen LogP contribution in [0, 0.1) is 5.92 Å². The van der Waals surface area contributed by atoms with E-state index >= 15 is 0 Å². The van der Waals surface area contributed by atoms with Crippen molar-refractivity contribution in [3.05, 3.63) is 66.2 Å². The highest BCUT2D eigenvalue weighted by molar-refractivity contribution is 14.1. The van der Waals surface area contributed by atoms with Gasteiger partial charge in [-0.1, -0.05) is 18.7 Å². The lowest BCUT2D eigenvalue weighted by molar-refractivity contribution is 0.141. The molecular weight excluding hydrogens is 556 g/mol. The molecule has 3 unspecified atom stereocenters. The van der Waals surface area contributed by atoms with Crippen LogP contribution >= 0.6 is 45.2 Å². The van der Waals surface area contributed by atoms with Crippen molar-refractivity contribution in [3.63, 3.8) is 0 Å². The molecule has 3 N–H and O–H groups in total. The fraction of sp³-hybridized carbons (Fsp3) is 0.316. The zero-order chi connectivity index (χ0) is 18.3. The van der Waals surface area contributed by atoms with Crippen LogP contribution in [0.1, 0.15) is 6.42 Å². The van der Waals surface area contributed by atoms with Gasteiger partial charge in [-0.2, -0.15) is 5.10 Å². The van der Waals surface area contributed by atoms with Gasteiger partial charge in [-0.15, -0.1) is 0 Å². The smallest absolute Gasteiger partial charge is 0.141 e. The van der Waals surface area contributed by atoms with Crippen molar-refractivity contribution >= 4 is 51.4 Å². The average Bonchev–Trinajstić information content (AvgIpc) is 3.13. The van der Waals surface area contributed by atoms with Gasteiger partial charge in [-0.25, -0.2) is 0 Å². The molecule has 0 bridgehead atoms. The van der Waals surface area contributed by atoms with Gasteiger partial charge in [0.15, 0.2) is 0 Å². The monoisotopic (exact) mass is 575 g/mol. The summed E-state index contributed by atoms with van der Waals surface area (Å²) in [6, 6.07) is 0.298. The number of hydrogen-bond acceptors (Lipinski definition) is 5. The first kappa shape index (κ1) is 18.3. The molecule has 0 saturated heterocycles. The van der Waals surface area contributed by atoms with Crippen LogP contribution in [-0.4, -0.2) is 36.6 Å². The van der Waals surface area contributed by atoms with Gasteiger partial charge in [0.1, 0.15) is 5.76 Å². The van der Waals surface area contributed by atoms with Crippen molar-refractivity contribution in [2.24, 2.45) is 11.0 Å². The van der Waals surface area contributed by atoms with E-state index in [9.17, 15) is 5.11 Å². The lowest BCUT2D eigenvalue weighted by atomic mass is 9.76. The van der Waals surface area contributed by atoms with Gasteiger partial charge < -0.3 is 20.6 Å². The maximum Gasteiger partial charge on any atom is 0.141 e. The van der Waals surface area contributed by atoms with Crippen LogP contribution in [0.2, 0.25) is 0 Å². The van der Waals surface area contributed by atoms with Crippen molar-refractivity contribution in [1.29, 1.82) is 0 Å². The molecule has 3 aliphatic heterocycles. The van der Waals surface area contributed by atoms with Gasteiger partial charge in [0.25, 0.3) is 0 Å². The fourth-order valence-corrected chi connectivity index (χ4v) is 5.10. The van der Waals surface area contributed by atoms with Crippen molar-refractivity contribution < 1.29 is 9.84 Å². The van der Waals surface area contributed by atoms with Gasteiger partial charge in [0.2, 0.25) is 0 Å². The molecule has 3 heterocycles. The number of hydrazone groups is 1. The summed E-state index contributed by atoms with van der Waals surface area (Å²) in [5.41, 5.74) is 8.36. The summed E-state index contributed by atoms with van der Waals surface area (Å²) >= 11 is 4.16. The lowest BCUT2D eigenvalue weighted by Crippen LogP contribution is -2.42. The number of hydrogen-bond donors (Lipinski definition) is 3. The molecule has 0 amide bonds. The number of nitrogens with zero attached hydrogens (tertiary/aromatic N) is 1. The predicted octanol–water partition coefficient (Wildman–Crippen LogP) is 3.78. The van der Waals surface area contributed by atoms with Crippen LogP contribution in [-0.2, 0) is 4.74 Å². The summed E-state index contributed by atoms with van der Waals surface area (Å²) in [5.74, 6) is 0.503. The minimum atomic E-state index is 0.0524. The van der Waals surface area contributed by atoms with E-state index in [4.69, 9.17) is 4.74 Å². The molecular formula is C19H19I2N3O2. The van der Waals surface area contributed by atoms with Crippen LogP contribution in [0.25, 0.3) is 0 Å². The van der Waals surface area contributed by atoms with Gasteiger partial charge >= 0.3 is 0 Å². The van der Waals surface area contributed by atoms with E-state index in [0.29, 0.717) is 10.2 Å². The minimum Gasteiger partial charge on any atom is -0.506 e. The predicted molar refractivity (Wildman–Crippen MR) is 120 cm³/mol. The highest BCUT2D eigenvalue weighted by Gasteiger charge is 2.38. The normalized spacial score (nSPS) is 30.5. The van der Waals surface area contributed by atoms with Crippen molar-refractivity contribution in [3.8, 4) is 0 Å². The Kier molecular flexibility index (Phi) is 5.29. The van der Waals surface area contributed by atoms with E-state index < -0.39 is 0 Å². The molecule has 0 spiro atoms. The lowest BCUT2D eigenvalue weighted by Gasteiger charge is -2.38. The molecule has 7 heteroatoms. The summed E-state index contributed by atoms with van der Waals surface area (Å²) < 4.78 is 7.16. The highest BCUT2D eigenvalue weighted by atomic mass is 127. The second kappa shape index (κ2) is 7.51. The van der Waals surface area contributed by atoms with Crippen molar-refractivity contribution in [1.82, 2.24) is 10.7 Å². The summed E-state index contributed by atoms with van der Waals surface area (Å²) in [4.78, 5) is 0. The maximum absolute atomic E-state index is 10.1. The maximum atomic E-state index is 10.1. The van der Waals surface area contributed by atoms with Crippen LogP contribution in [0.3, 0.4) is 0 Å². The molecule has 4 aliphatic rings. The molecule has 0 saturated carbocycles. The Bertz CT molecular complexity index is 836. The number of allylic oxidation sites excluding steroid dienone is 4. The summed E-state index contributed by atoms with van der Waals surface area (Å²) in [6.45, 7) is 5.17. The standard InChI is InChI=1S/C19H19I2N3O2/c1-10(20)19(25)14(21)2-3-15-13-9-26-7-6-11(13)18-12-8-22-24-16(12)4-5-17(18)23-15/h2-5,8,12,15-16,23-25H,1,6-7,9H2/b3-2+,19-14-.